The summed E-state index contributed by atoms with van der Waals surface area (Å²) >= 11 is 6.59. The molecule has 0 spiro atoms. The van der Waals surface area contributed by atoms with Gasteiger partial charge in [-0.25, -0.2) is 0 Å². The van der Waals surface area contributed by atoms with Gasteiger partial charge < -0.3 is 18.8 Å². The van der Waals surface area contributed by atoms with Crippen LogP contribution >= 0.6 is 47.1 Å². The molecule has 2 atom stereocenters. The second kappa shape index (κ2) is 9.45. The minimum atomic E-state index is -4.17. The number of hydrogen-bond donors (Lipinski definition) is 2. The molecular formula is C14H30Br2O6P2. The molecule has 2 N–H and O–H groups in total. The maximum Gasteiger partial charge on any atom is 0.331 e. The standard InChI is InChI=1S/C14H30Br2O6P2/c1-13(2,3)9-21-24(20,22-10-14(4,5)6)8-12(16)11(15)7-23(17,18)19/h11-12H,7-10H2,1-6H3,(H2,17,18,19). The molecule has 0 amide bonds. The van der Waals surface area contributed by atoms with Gasteiger partial charge in [-0.05, 0) is 10.8 Å². The van der Waals surface area contributed by atoms with Gasteiger partial charge in [0, 0.05) is 9.65 Å². The molecule has 0 aromatic carbocycles. The molecule has 0 fully saturated rings. The van der Waals surface area contributed by atoms with Gasteiger partial charge in [0.25, 0.3) is 0 Å². The molecule has 0 aliphatic carbocycles. The Labute approximate surface area is 162 Å². The summed E-state index contributed by atoms with van der Waals surface area (Å²) in [7, 11) is -7.59. The van der Waals surface area contributed by atoms with E-state index in [-0.39, 0.29) is 36.4 Å². The van der Waals surface area contributed by atoms with Crippen LogP contribution in [0.15, 0.2) is 0 Å². The van der Waals surface area contributed by atoms with Crippen LogP contribution in [0.5, 0.6) is 0 Å². The van der Waals surface area contributed by atoms with Crippen LogP contribution in [0.1, 0.15) is 41.5 Å². The summed E-state index contributed by atoms with van der Waals surface area (Å²) in [5.41, 5.74) is -0.357. The van der Waals surface area contributed by atoms with Crippen molar-refractivity contribution in [3.8, 4) is 0 Å². The number of rotatable bonds is 9. The summed E-state index contributed by atoms with van der Waals surface area (Å²) in [6, 6.07) is 0. The minimum absolute atomic E-state index is 0.0229. The molecule has 146 valence electrons. The molecule has 0 aliphatic heterocycles. The van der Waals surface area contributed by atoms with E-state index >= 15 is 0 Å². The predicted octanol–water partition coefficient (Wildman–Crippen LogP) is 5.01. The van der Waals surface area contributed by atoms with E-state index in [1.54, 1.807) is 0 Å². The molecular weight excluding hydrogens is 486 g/mol. The van der Waals surface area contributed by atoms with Crippen molar-refractivity contribution in [3.05, 3.63) is 0 Å². The summed E-state index contributed by atoms with van der Waals surface area (Å²) in [6.07, 6.45) is -0.337. The van der Waals surface area contributed by atoms with Gasteiger partial charge in [0.1, 0.15) is 0 Å². The van der Waals surface area contributed by atoms with Crippen LogP contribution < -0.4 is 0 Å². The highest BCUT2D eigenvalue weighted by molar-refractivity contribution is 9.12. The van der Waals surface area contributed by atoms with Crippen LogP contribution in [-0.4, -0.2) is 45.0 Å². The number of halogens is 2. The fraction of sp³-hybridized carbons (Fsp3) is 1.00. The molecule has 10 heteroatoms. The maximum absolute atomic E-state index is 13.1. The summed E-state index contributed by atoms with van der Waals surface area (Å²) in [5.74, 6) is 0. The van der Waals surface area contributed by atoms with Gasteiger partial charge in [-0.15, -0.1) is 0 Å². The fourth-order valence-corrected chi connectivity index (χ4v) is 7.39. The number of alkyl halides is 2. The third-order valence-corrected chi connectivity index (χ3v) is 8.98. The largest absolute Gasteiger partial charge is 0.331 e. The van der Waals surface area contributed by atoms with E-state index in [0.717, 1.165) is 0 Å². The zero-order chi connectivity index (χ0) is 19.4. The Balaban J connectivity index is 5.04. The fourth-order valence-electron chi connectivity index (χ4n) is 1.40. The first-order chi connectivity index (χ1) is 10.4. The van der Waals surface area contributed by atoms with E-state index in [0.29, 0.717) is 0 Å². The molecule has 0 bridgehead atoms. The SMILES string of the molecule is CC(C)(C)COP(=O)(CC(Br)C(Br)CP(=O)(O)O)OCC(C)(C)C. The molecule has 0 aromatic rings. The Morgan fingerprint density at radius 3 is 1.46 bits per heavy atom. The van der Waals surface area contributed by atoms with Crippen molar-refractivity contribution in [2.45, 2.75) is 51.2 Å². The molecule has 0 aromatic heterocycles. The summed E-state index contributed by atoms with van der Waals surface area (Å²) in [4.78, 5) is 17.2. The van der Waals surface area contributed by atoms with Gasteiger partial charge in [-0.1, -0.05) is 73.4 Å². The van der Waals surface area contributed by atoms with Crippen molar-refractivity contribution in [1.82, 2.24) is 0 Å². The molecule has 24 heavy (non-hydrogen) atoms. The Kier molecular flexibility index (Phi) is 9.95. The first-order valence-electron chi connectivity index (χ1n) is 7.63. The second-order valence-electron chi connectivity index (χ2n) is 8.34. The summed E-state index contributed by atoms with van der Waals surface area (Å²) in [5, 5.41) is 0. The molecule has 0 saturated carbocycles. The Morgan fingerprint density at radius 1 is 0.833 bits per heavy atom. The number of hydrogen-bond acceptors (Lipinski definition) is 4. The van der Waals surface area contributed by atoms with E-state index in [9.17, 15) is 9.13 Å². The van der Waals surface area contributed by atoms with E-state index in [2.05, 4.69) is 31.9 Å². The maximum atomic E-state index is 13.1. The topological polar surface area (TPSA) is 93.1 Å². The van der Waals surface area contributed by atoms with Gasteiger partial charge in [-0.3, -0.25) is 9.13 Å². The monoisotopic (exact) mass is 514 g/mol. The van der Waals surface area contributed by atoms with Crippen LogP contribution in [0, 0.1) is 10.8 Å². The Bertz CT molecular complexity index is 459. The molecule has 0 heterocycles. The molecule has 0 rings (SSSR count). The van der Waals surface area contributed by atoms with Crippen LogP contribution in [-0.2, 0) is 18.2 Å². The highest BCUT2D eigenvalue weighted by atomic mass is 79.9. The predicted molar refractivity (Wildman–Crippen MR) is 106 cm³/mol. The second-order valence-corrected chi connectivity index (χ2v) is 14.5. The van der Waals surface area contributed by atoms with Crippen LogP contribution in [0.3, 0.4) is 0 Å². The lowest BCUT2D eigenvalue weighted by molar-refractivity contribution is 0.123. The zero-order valence-electron chi connectivity index (χ0n) is 15.2. The Hall–Kier alpha value is 1.26. The van der Waals surface area contributed by atoms with Crippen LogP contribution in [0.25, 0.3) is 0 Å². The third-order valence-electron chi connectivity index (χ3n) is 2.59. The summed E-state index contributed by atoms with van der Waals surface area (Å²) < 4.78 is 35.5. The lowest BCUT2D eigenvalue weighted by Crippen LogP contribution is -2.25. The van der Waals surface area contributed by atoms with Crippen molar-refractivity contribution < 1.29 is 28.0 Å². The highest BCUT2D eigenvalue weighted by Crippen LogP contribution is 2.53. The lowest BCUT2D eigenvalue weighted by Gasteiger charge is -2.29. The quantitative estimate of drug-likeness (QED) is 0.331. The van der Waals surface area contributed by atoms with Gasteiger partial charge in [0.2, 0.25) is 0 Å². The van der Waals surface area contributed by atoms with Crippen molar-refractivity contribution >= 4 is 47.1 Å². The first kappa shape index (κ1) is 25.3. The van der Waals surface area contributed by atoms with Crippen LogP contribution in [0.4, 0.5) is 0 Å². The highest BCUT2D eigenvalue weighted by Gasteiger charge is 2.35. The van der Waals surface area contributed by atoms with Crippen molar-refractivity contribution in [3.63, 3.8) is 0 Å². The van der Waals surface area contributed by atoms with Crippen molar-refractivity contribution in [2.24, 2.45) is 10.8 Å². The molecule has 2 unspecified atom stereocenters. The zero-order valence-corrected chi connectivity index (χ0v) is 20.1. The van der Waals surface area contributed by atoms with Gasteiger partial charge in [0.05, 0.1) is 25.5 Å². The van der Waals surface area contributed by atoms with Crippen LogP contribution in [0.2, 0.25) is 0 Å². The van der Waals surface area contributed by atoms with Gasteiger partial charge in [0.15, 0.2) is 0 Å². The molecule has 0 radical (unpaired) electrons. The average Bonchev–Trinajstić information content (AvgIpc) is 2.30. The Morgan fingerprint density at radius 2 is 1.17 bits per heavy atom. The van der Waals surface area contributed by atoms with E-state index in [1.165, 1.54) is 0 Å². The summed E-state index contributed by atoms with van der Waals surface area (Å²) in [6.45, 7) is 12.3. The molecule has 0 aliphatic rings. The van der Waals surface area contributed by atoms with Gasteiger partial charge in [-0.2, -0.15) is 0 Å². The first-order valence-corrected chi connectivity index (χ1v) is 13.0. The smallest absolute Gasteiger partial charge is 0.324 e. The van der Waals surface area contributed by atoms with E-state index in [1.807, 2.05) is 41.5 Å². The lowest BCUT2D eigenvalue weighted by atomic mass is 9.99. The minimum Gasteiger partial charge on any atom is -0.324 e. The van der Waals surface area contributed by atoms with Crippen molar-refractivity contribution in [2.75, 3.05) is 25.5 Å². The molecule has 6 nitrogen and oxygen atoms in total. The molecule has 0 saturated heterocycles. The normalized spacial score (nSPS) is 16.9. The average molecular weight is 516 g/mol. The third kappa shape index (κ3) is 13.5. The van der Waals surface area contributed by atoms with Gasteiger partial charge >= 0.3 is 15.2 Å². The van der Waals surface area contributed by atoms with Crippen molar-refractivity contribution in [1.29, 1.82) is 0 Å². The van der Waals surface area contributed by atoms with E-state index in [4.69, 9.17) is 18.8 Å². The van der Waals surface area contributed by atoms with E-state index < -0.39 is 24.8 Å².